The van der Waals surface area contributed by atoms with Gasteiger partial charge in [-0.2, -0.15) is 0 Å². The van der Waals surface area contributed by atoms with Crippen LogP contribution < -0.4 is 5.32 Å². The molecule has 0 radical (unpaired) electrons. The Balaban J connectivity index is 4.02. The molecule has 76 valence electrons. The van der Waals surface area contributed by atoms with Crippen LogP contribution in [0.4, 0.5) is 0 Å². The van der Waals surface area contributed by atoms with Crippen LogP contribution in [0.5, 0.6) is 0 Å². The van der Waals surface area contributed by atoms with E-state index in [-0.39, 0.29) is 0 Å². The van der Waals surface area contributed by atoms with Gasteiger partial charge in [-0.05, 0) is 32.4 Å². The summed E-state index contributed by atoms with van der Waals surface area (Å²) in [6.07, 6.45) is 7.72. The van der Waals surface area contributed by atoms with Crippen molar-refractivity contribution in [3.63, 3.8) is 0 Å². The number of rotatable bonds is 7. The maximum absolute atomic E-state index is 3.75. The van der Waals surface area contributed by atoms with Crippen molar-refractivity contribution < 1.29 is 0 Å². The highest BCUT2D eigenvalue weighted by atomic mass is 14.8. The van der Waals surface area contributed by atoms with E-state index < -0.39 is 0 Å². The fraction of sp³-hybridized carbons (Fsp3) is 0.667. The van der Waals surface area contributed by atoms with Crippen LogP contribution in [0.25, 0.3) is 0 Å². The van der Waals surface area contributed by atoms with Crippen molar-refractivity contribution in [2.24, 2.45) is 5.92 Å². The van der Waals surface area contributed by atoms with Crippen molar-refractivity contribution in [2.75, 3.05) is 13.6 Å². The average Bonchev–Trinajstić information content (AvgIpc) is 2.14. The summed E-state index contributed by atoms with van der Waals surface area (Å²) >= 11 is 0. The fourth-order valence-electron chi connectivity index (χ4n) is 1.48. The SMILES string of the molecule is C=C/C=C(\CCC)C(C)CCNC. The highest BCUT2D eigenvalue weighted by molar-refractivity contribution is 5.12. The van der Waals surface area contributed by atoms with Gasteiger partial charge in [-0.25, -0.2) is 0 Å². The van der Waals surface area contributed by atoms with Crippen molar-refractivity contribution in [3.8, 4) is 0 Å². The Bertz CT molecular complexity index is 159. The zero-order chi connectivity index (χ0) is 10.1. The zero-order valence-corrected chi connectivity index (χ0v) is 9.27. The Labute approximate surface area is 82.9 Å². The minimum Gasteiger partial charge on any atom is -0.320 e. The largest absolute Gasteiger partial charge is 0.320 e. The van der Waals surface area contributed by atoms with E-state index in [1.54, 1.807) is 0 Å². The van der Waals surface area contributed by atoms with Crippen LogP contribution in [-0.2, 0) is 0 Å². The molecule has 1 unspecified atom stereocenters. The number of hydrogen-bond donors (Lipinski definition) is 1. The second-order valence-electron chi connectivity index (χ2n) is 3.52. The van der Waals surface area contributed by atoms with E-state index in [0.29, 0.717) is 5.92 Å². The van der Waals surface area contributed by atoms with Crippen LogP contribution in [0.15, 0.2) is 24.3 Å². The summed E-state index contributed by atoms with van der Waals surface area (Å²) in [5.41, 5.74) is 1.53. The maximum Gasteiger partial charge on any atom is -0.00463 e. The van der Waals surface area contributed by atoms with Gasteiger partial charge >= 0.3 is 0 Å². The summed E-state index contributed by atoms with van der Waals surface area (Å²) < 4.78 is 0. The van der Waals surface area contributed by atoms with Gasteiger partial charge in [-0.3, -0.25) is 0 Å². The van der Waals surface area contributed by atoms with Crippen molar-refractivity contribution in [2.45, 2.75) is 33.1 Å². The van der Waals surface area contributed by atoms with Gasteiger partial charge < -0.3 is 5.32 Å². The molecule has 1 heteroatoms. The molecule has 13 heavy (non-hydrogen) atoms. The molecule has 0 amide bonds. The molecule has 0 saturated heterocycles. The predicted molar refractivity (Wildman–Crippen MR) is 60.9 cm³/mol. The van der Waals surface area contributed by atoms with E-state index in [2.05, 4.69) is 31.8 Å². The quantitative estimate of drug-likeness (QED) is 0.595. The van der Waals surface area contributed by atoms with Gasteiger partial charge in [0.1, 0.15) is 0 Å². The lowest BCUT2D eigenvalue weighted by Crippen LogP contribution is -2.12. The Hall–Kier alpha value is -0.560. The van der Waals surface area contributed by atoms with Crippen molar-refractivity contribution in [1.82, 2.24) is 5.32 Å². The molecule has 0 aromatic heterocycles. The molecule has 1 nitrogen and oxygen atoms in total. The predicted octanol–water partition coefficient (Wildman–Crippen LogP) is 3.14. The Morgan fingerprint density at radius 3 is 2.69 bits per heavy atom. The average molecular weight is 181 g/mol. The number of nitrogens with one attached hydrogen (secondary N) is 1. The van der Waals surface area contributed by atoms with Crippen molar-refractivity contribution in [1.29, 1.82) is 0 Å². The van der Waals surface area contributed by atoms with Gasteiger partial charge in [0.2, 0.25) is 0 Å². The minimum absolute atomic E-state index is 0.686. The second-order valence-corrected chi connectivity index (χ2v) is 3.52. The molecule has 0 aliphatic rings. The monoisotopic (exact) mass is 181 g/mol. The van der Waals surface area contributed by atoms with E-state index in [0.717, 1.165) is 6.54 Å². The number of hydrogen-bond acceptors (Lipinski definition) is 1. The standard InChI is InChI=1S/C12H23N/c1-5-7-12(8-6-2)11(3)9-10-13-4/h5,7,11,13H,1,6,8-10H2,2-4H3/b12-7+. The normalized spacial score (nSPS) is 14.2. The first-order valence-electron chi connectivity index (χ1n) is 5.22. The third-order valence-corrected chi connectivity index (χ3v) is 2.33. The summed E-state index contributed by atoms with van der Waals surface area (Å²) in [7, 11) is 2.00. The lowest BCUT2D eigenvalue weighted by Gasteiger charge is -2.14. The topological polar surface area (TPSA) is 12.0 Å². The first-order chi connectivity index (χ1) is 6.26. The molecular formula is C12H23N. The molecule has 1 N–H and O–H groups in total. The van der Waals surface area contributed by atoms with E-state index in [4.69, 9.17) is 0 Å². The molecule has 0 saturated carbocycles. The summed E-state index contributed by atoms with van der Waals surface area (Å²) in [6, 6.07) is 0. The molecular weight excluding hydrogens is 158 g/mol. The third-order valence-electron chi connectivity index (χ3n) is 2.33. The van der Waals surface area contributed by atoms with E-state index in [1.807, 2.05) is 13.1 Å². The Kier molecular flexibility index (Phi) is 7.71. The Morgan fingerprint density at radius 2 is 2.23 bits per heavy atom. The van der Waals surface area contributed by atoms with Crippen LogP contribution >= 0.6 is 0 Å². The van der Waals surface area contributed by atoms with Gasteiger partial charge in [-0.1, -0.05) is 44.6 Å². The number of allylic oxidation sites excluding steroid dienone is 3. The first-order valence-corrected chi connectivity index (χ1v) is 5.22. The second kappa shape index (κ2) is 8.06. The zero-order valence-electron chi connectivity index (χ0n) is 9.27. The van der Waals surface area contributed by atoms with Crippen LogP contribution in [0.3, 0.4) is 0 Å². The smallest absolute Gasteiger partial charge is 0.00463 e. The van der Waals surface area contributed by atoms with Crippen LogP contribution in [0.1, 0.15) is 33.1 Å². The highest BCUT2D eigenvalue weighted by Gasteiger charge is 2.05. The van der Waals surface area contributed by atoms with Gasteiger partial charge in [-0.15, -0.1) is 0 Å². The van der Waals surface area contributed by atoms with Gasteiger partial charge in [0.25, 0.3) is 0 Å². The van der Waals surface area contributed by atoms with Crippen LogP contribution in [0, 0.1) is 5.92 Å². The lowest BCUT2D eigenvalue weighted by atomic mass is 9.93. The molecule has 0 aromatic rings. The first kappa shape index (κ1) is 12.4. The molecule has 0 rings (SSSR count). The Morgan fingerprint density at radius 1 is 1.54 bits per heavy atom. The lowest BCUT2D eigenvalue weighted by molar-refractivity contribution is 0.563. The van der Waals surface area contributed by atoms with Gasteiger partial charge in [0.05, 0.1) is 0 Å². The van der Waals surface area contributed by atoms with Crippen LogP contribution in [0.2, 0.25) is 0 Å². The highest BCUT2D eigenvalue weighted by Crippen LogP contribution is 2.19. The van der Waals surface area contributed by atoms with E-state index in [1.165, 1.54) is 24.8 Å². The fourth-order valence-corrected chi connectivity index (χ4v) is 1.48. The molecule has 0 aliphatic carbocycles. The van der Waals surface area contributed by atoms with Crippen molar-refractivity contribution in [3.05, 3.63) is 24.3 Å². The van der Waals surface area contributed by atoms with Gasteiger partial charge in [0.15, 0.2) is 0 Å². The molecule has 0 aromatic carbocycles. The summed E-state index contributed by atoms with van der Waals surface area (Å²) in [5, 5.41) is 3.18. The van der Waals surface area contributed by atoms with Crippen molar-refractivity contribution >= 4 is 0 Å². The third kappa shape index (κ3) is 5.64. The molecule has 0 fully saturated rings. The summed E-state index contributed by atoms with van der Waals surface area (Å²) in [6.45, 7) is 9.37. The van der Waals surface area contributed by atoms with E-state index >= 15 is 0 Å². The molecule has 0 aliphatic heterocycles. The molecule has 0 spiro atoms. The molecule has 0 bridgehead atoms. The minimum atomic E-state index is 0.686. The molecule has 1 atom stereocenters. The van der Waals surface area contributed by atoms with Gasteiger partial charge in [0, 0.05) is 0 Å². The molecule has 0 heterocycles. The maximum atomic E-state index is 3.75. The van der Waals surface area contributed by atoms with Crippen LogP contribution in [-0.4, -0.2) is 13.6 Å². The van der Waals surface area contributed by atoms with E-state index in [9.17, 15) is 0 Å². The summed E-state index contributed by atoms with van der Waals surface area (Å²) in [5.74, 6) is 0.686. The summed E-state index contributed by atoms with van der Waals surface area (Å²) in [4.78, 5) is 0.